The standard InChI is InChI=1S/C15H19N3/c16-14-17-10-15(18(14)9-11-5-6-11)8-7-12-3-1-2-4-13(12)15/h1-4,11H,5-10H2,(H2,16,17). The summed E-state index contributed by atoms with van der Waals surface area (Å²) in [6, 6.07) is 8.82. The van der Waals surface area contributed by atoms with Crippen molar-refractivity contribution in [3.05, 3.63) is 35.4 Å². The summed E-state index contributed by atoms with van der Waals surface area (Å²) in [6.07, 6.45) is 5.06. The van der Waals surface area contributed by atoms with E-state index < -0.39 is 0 Å². The fraction of sp³-hybridized carbons (Fsp3) is 0.533. The third kappa shape index (κ3) is 1.33. The van der Waals surface area contributed by atoms with Crippen LogP contribution in [0.2, 0.25) is 0 Å². The van der Waals surface area contributed by atoms with Crippen LogP contribution >= 0.6 is 0 Å². The lowest BCUT2D eigenvalue weighted by molar-refractivity contribution is 0.194. The molecular formula is C15H19N3. The fourth-order valence-electron chi connectivity index (χ4n) is 3.54. The number of fused-ring (bicyclic) bond motifs is 2. The highest BCUT2D eigenvalue weighted by Crippen LogP contribution is 2.46. The lowest BCUT2D eigenvalue weighted by atomic mass is 9.90. The Bertz CT molecular complexity index is 518. The fourth-order valence-corrected chi connectivity index (χ4v) is 3.54. The summed E-state index contributed by atoms with van der Waals surface area (Å²) >= 11 is 0. The van der Waals surface area contributed by atoms with E-state index in [4.69, 9.17) is 5.73 Å². The van der Waals surface area contributed by atoms with Crippen LogP contribution in [0.1, 0.15) is 30.4 Å². The highest BCUT2D eigenvalue weighted by molar-refractivity contribution is 5.81. The first-order valence-corrected chi connectivity index (χ1v) is 6.95. The molecular weight excluding hydrogens is 222 g/mol. The lowest BCUT2D eigenvalue weighted by Gasteiger charge is -2.37. The summed E-state index contributed by atoms with van der Waals surface area (Å²) in [5.74, 6) is 1.61. The SMILES string of the molecule is NC1=NCC2(CCc3ccccc32)N1CC1CC1. The van der Waals surface area contributed by atoms with Crippen LogP contribution in [0.15, 0.2) is 29.3 Å². The normalized spacial score (nSPS) is 29.8. The van der Waals surface area contributed by atoms with Gasteiger partial charge in [0, 0.05) is 6.54 Å². The molecule has 1 atom stereocenters. The molecule has 0 aromatic heterocycles. The van der Waals surface area contributed by atoms with Gasteiger partial charge in [0.2, 0.25) is 0 Å². The Labute approximate surface area is 108 Å². The molecule has 1 unspecified atom stereocenters. The number of aryl methyl sites for hydroxylation is 1. The smallest absolute Gasteiger partial charge is 0.192 e. The number of aliphatic imine (C=N–C) groups is 1. The van der Waals surface area contributed by atoms with E-state index in [-0.39, 0.29) is 5.54 Å². The first-order chi connectivity index (χ1) is 8.79. The van der Waals surface area contributed by atoms with Crippen LogP contribution in [0.5, 0.6) is 0 Å². The number of rotatable bonds is 2. The van der Waals surface area contributed by atoms with Crippen molar-refractivity contribution in [1.29, 1.82) is 0 Å². The molecule has 1 saturated carbocycles. The molecule has 1 aliphatic heterocycles. The van der Waals surface area contributed by atoms with Crippen LogP contribution in [-0.4, -0.2) is 23.9 Å². The zero-order chi connectivity index (χ0) is 12.2. The highest BCUT2D eigenvalue weighted by Gasteiger charge is 2.48. The van der Waals surface area contributed by atoms with Gasteiger partial charge >= 0.3 is 0 Å². The first-order valence-electron chi connectivity index (χ1n) is 6.95. The molecule has 0 bridgehead atoms. The van der Waals surface area contributed by atoms with Crippen LogP contribution in [0.25, 0.3) is 0 Å². The molecule has 0 saturated heterocycles. The average molecular weight is 241 g/mol. The molecule has 4 rings (SSSR count). The monoisotopic (exact) mass is 241 g/mol. The molecule has 18 heavy (non-hydrogen) atoms. The summed E-state index contributed by atoms with van der Waals surface area (Å²) in [7, 11) is 0. The Morgan fingerprint density at radius 1 is 1.33 bits per heavy atom. The van der Waals surface area contributed by atoms with Gasteiger partial charge in [0.1, 0.15) is 0 Å². The number of hydrogen-bond donors (Lipinski definition) is 1. The van der Waals surface area contributed by atoms with Crippen LogP contribution in [0.3, 0.4) is 0 Å². The van der Waals surface area contributed by atoms with Gasteiger partial charge in [0.25, 0.3) is 0 Å². The van der Waals surface area contributed by atoms with Crippen molar-refractivity contribution in [2.45, 2.75) is 31.2 Å². The predicted molar refractivity (Wildman–Crippen MR) is 72.4 cm³/mol. The molecule has 1 spiro atoms. The molecule has 1 aromatic carbocycles. The number of benzene rings is 1. The molecule has 3 nitrogen and oxygen atoms in total. The molecule has 1 heterocycles. The number of nitrogens with zero attached hydrogens (tertiary/aromatic N) is 2. The molecule has 94 valence electrons. The maximum absolute atomic E-state index is 6.14. The van der Waals surface area contributed by atoms with Gasteiger partial charge in [-0.25, -0.2) is 0 Å². The second-order valence-electron chi connectivity index (χ2n) is 5.92. The molecule has 2 N–H and O–H groups in total. The van der Waals surface area contributed by atoms with E-state index in [1.807, 2.05) is 0 Å². The molecule has 1 fully saturated rings. The van der Waals surface area contributed by atoms with E-state index in [1.54, 1.807) is 0 Å². The van der Waals surface area contributed by atoms with Crippen LogP contribution < -0.4 is 5.73 Å². The summed E-state index contributed by atoms with van der Waals surface area (Å²) in [5.41, 5.74) is 9.19. The summed E-state index contributed by atoms with van der Waals surface area (Å²) in [4.78, 5) is 6.95. The zero-order valence-electron chi connectivity index (χ0n) is 10.6. The largest absolute Gasteiger partial charge is 0.370 e. The van der Waals surface area contributed by atoms with Gasteiger partial charge in [-0.3, -0.25) is 4.99 Å². The molecule has 2 aliphatic carbocycles. The summed E-state index contributed by atoms with van der Waals surface area (Å²) in [5, 5.41) is 0. The molecule has 3 aliphatic rings. The van der Waals surface area contributed by atoms with Crippen molar-refractivity contribution in [2.75, 3.05) is 13.1 Å². The Morgan fingerprint density at radius 2 is 2.17 bits per heavy atom. The van der Waals surface area contributed by atoms with E-state index >= 15 is 0 Å². The van der Waals surface area contributed by atoms with Crippen molar-refractivity contribution < 1.29 is 0 Å². The van der Waals surface area contributed by atoms with Crippen molar-refractivity contribution in [3.8, 4) is 0 Å². The second-order valence-corrected chi connectivity index (χ2v) is 5.92. The third-order valence-electron chi connectivity index (χ3n) is 4.76. The second kappa shape index (κ2) is 3.50. The van der Waals surface area contributed by atoms with Gasteiger partial charge < -0.3 is 10.6 Å². The predicted octanol–water partition coefficient (Wildman–Crippen LogP) is 1.87. The summed E-state index contributed by atoms with van der Waals surface area (Å²) in [6.45, 7) is 1.95. The number of guanidine groups is 1. The molecule has 0 amide bonds. The topological polar surface area (TPSA) is 41.6 Å². The van der Waals surface area contributed by atoms with Crippen molar-refractivity contribution in [2.24, 2.45) is 16.6 Å². The van der Waals surface area contributed by atoms with Gasteiger partial charge in [-0.15, -0.1) is 0 Å². The minimum absolute atomic E-state index is 0.0866. The van der Waals surface area contributed by atoms with Crippen molar-refractivity contribution in [1.82, 2.24) is 4.90 Å². The Kier molecular flexibility index (Phi) is 2.02. The zero-order valence-corrected chi connectivity index (χ0v) is 10.6. The van der Waals surface area contributed by atoms with E-state index in [2.05, 4.69) is 34.2 Å². The van der Waals surface area contributed by atoms with Gasteiger partial charge in [0.15, 0.2) is 5.96 Å². The minimum Gasteiger partial charge on any atom is -0.370 e. The van der Waals surface area contributed by atoms with E-state index in [9.17, 15) is 0 Å². The van der Waals surface area contributed by atoms with Gasteiger partial charge in [-0.2, -0.15) is 0 Å². The van der Waals surface area contributed by atoms with Crippen LogP contribution in [0, 0.1) is 5.92 Å². The maximum atomic E-state index is 6.14. The maximum Gasteiger partial charge on any atom is 0.192 e. The quantitative estimate of drug-likeness (QED) is 0.859. The Morgan fingerprint density at radius 3 is 3.00 bits per heavy atom. The third-order valence-corrected chi connectivity index (χ3v) is 4.76. The van der Waals surface area contributed by atoms with E-state index in [1.165, 1.54) is 36.8 Å². The molecule has 0 radical (unpaired) electrons. The number of hydrogen-bond acceptors (Lipinski definition) is 3. The molecule has 1 aromatic rings. The van der Waals surface area contributed by atoms with Gasteiger partial charge in [0.05, 0.1) is 12.1 Å². The lowest BCUT2D eigenvalue weighted by Crippen LogP contribution is -2.49. The first kappa shape index (κ1) is 10.4. The van der Waals surface area contributed by atoms with Crippen LogP contribution in [0.4, 0.5) is 0 Å². The summed E-state index contributed by atoms with van der Waals surface area (Å²) < 4.78 is 0. The Hall–Kier alpha value is -1.51. The molecule has 3 heteroatoms. The average Bonchev–Trinajstić information content (AvgIpc) is 3.07. The van der Waals surface area contributed by atoms with Gasteiger partial charge in [-0.05, 0) is 42.7 Å². The van der Waals surface area contributed by atoms with E-state index in [0.29, 0.717) is 0 Å². The van der Waals surface area contributed by atoms with Crippen molar-refractivity contribution in [3.63, 3.8) is 0 Å². The van der Waals surface area contributed by atoms with Gasteiger partial charge in [-0.1, -0.05) is 24.3 Å². The van der Waals surface area contributed by atoms with Crippen molar-refractivity contribution >= 4 is 5.96 Å². The highest BCUT2D eigenvalue weighted by atomic mass is 15.4. The van der Waals surface area contributed by atoms with Crippen LogP contribution in [-0.2, 0) is 12.0 Å². The number of nitrogens with two attached hydrogens (primary N) is 1. The Balaban J connectivity index is 1.75. The minimum atomic E-state index is 0.0866. The van der Waals surface area contributed by atoms with E-state index in [0.717, 1.165) is 25.0 Å².